The summed E-state index contributed by atoms with van der Waals surface area (Å²) in [6, 6.07) is 25.9. The highest BCUT2D eigenvalue weighted by atomic mass is 16.5. The highest BCUT2D eigenvalue weighted by molar-refractivity contribution is 6.02. The fourth-order valence-electron chi connectivity index (χ4n) is 5.21. The first kappa shape index (κ1) is 26.1. The van der Waals surface area contributed by atoms with E-state index < -0.39 is 0 Å². The van der Waals surface area contributed by atoms with Gasteiger partial charge in [-0.15, -0.1) is 0 Å². The first-order chi connectivity index (χ1) is 20.1. The Labute approximate surface area is 239 Å². The number of hydrogen-bond acceptors (Lipinski definition) is 6. The summed E-state index contributed by atoms with van der Waals surface area (Å²) in [6.45, 7) is 2.56. The van der Waals surface area contributed by atoms with Crippen LogP contribution in [0.3, 0.4) is 0 Å². The van der Waals surface area contributed by atoms with Crippen molar-refractivity contribution in [2.45, 2.75) is 0 Å². The number of anilines is 1. The number of piperazine rings is 1. The zero-order chi connectivity index (χ0) is 28.2. The molecule has 5 aromatic rings. The predicted octanol–water partition coefficient (Wildman–Crippen LogP) is 5.47. The van der Waals surface area contributed by atoms with E-state index in [0.29, 0.717) is 26.2 Å². The number of ether oxygens (including phenoxy) is 2. The minimum absolute atomic E-state index is 0.00227. The van der Waals surface area contributed by atoms with E-state index in [-0.39, 0.29) is 5.91 Å². The average Bonchev–Trinajstić information content (AvgIpc) is 3.44. The van der Waals surface area contributed by atoms with Gasteiger partial charge in [0.15, 0.2) is 5.65 Å². The van der Waals surface area contributed by atoms with E-state index in [1.165, 1.54) is 0 Å². The number of hydrogen-bond donors (Lipinski definition) is 0. The third-order valence-electron chi connectivity index (χ3n) is 7.40. The number of benzene rings is 3. The van der Waals surface area contributed by atoms with E-state index >= 15 is 0 Å². The molecule has 0 aliphatic carbocycles. The van der Waals surface area contributed by atoms with E-state index in [4.69, 9.17) is 19.4 Å². The van der Waals surface area contributed by atoms with Gasteiger partial charge in [-0.3, -0.25) is 4.79 Å². The molecule has 206 valence electrons. The number of aromatic nitrogens is 3. The van der Waals surface area contributed by atoms with Crippen LogP contribution in [0.15, 0.2) is 97.5 Å². The second-order valence-corrected chi connectivity index (χ2v) is 9.79. The number of carbonyl (C=O) groups is 1. The van der Waals surface area contributed by atoms with Gasteiger partial charge in [-0.2, -0.15) is 0 Å². The van der Waals surface area contributed by atoms with Crippen LogP contribution in [0.25, 0.3) is 33.9 Å². The molecule has 0 atom stereocenters. The lowest BCUT2D eigenvalue weighted by Gasteiger charge is -2.35. The Morgan fingerprint density at radius 3 is 2.32 bits per heavy atom. The van der Waals surface area contributed by atoms with Crippen molar-refractivity contribution >= 4 is 28.8 Å². The predicted molar refractivity (Wildman–Crippen MR) is 162 cm³/mol. The molecule has 1 aliphatic heterocycles. The van der Waals surface area contributed by atoms with Crippen molar-refractivity contribution in [1.29, 1.82) is 0 Å². The third-order valence-corrected chi connectivity index (χ3v) is 7.40. The zero-order valence-electron chi connectivity index (χ0n) is 23.1. The summed E-state index contributed by atoms with van der Waals surface area (Å²) >= 11 is 0. The number of fused-ring (bicyclic) bond motifs is 1. The molecule has 41 heavy (non-hydrogen) atoms. The molecule has 8 heteroatoms. The van der Waals surface area contributed by atoms with Crippen molar-refractivity contribution in [2.24, 2.45) is 0 Å². The number of methoxy groups -OCH3 is 2. The summed E-state index contributed by atoms with van der Waals surface area (Å²) in [4.78, 5) is 26.6. The molecule has 0 saturated carbocycles. The van der Waals surface area contributed by atoms with Crippen molar-refractivity contribution in [3.63, 3.8) is 0 Å². The fraction of sp³-hybridized carbons (Fsp3) is 0.182. The van der Waals surface area contributed by atoms with Gasteiger partial charge < -0.3 is 23.8 Å². The molecule has 3 aromatic carbocycles. The quantitative estimate of drug-likeness (QED) is 0.253. The molecule has 0 unspecified atom stereocenters. The van der Waals surface area contributed by atoms with E-state index in [1.54, 1.807) is 26.6 Å². The lowest BCUT2D eigenvalue weighted by molar-refractivity contribution is -0.126. The Morgan fingerprint density at radius 1 is 0.829 bits per heavy atom. The molecule has 1 amide bonds. The van der Waals surface area contributed by atoms with Crippen LogP contribution in [0, 0.1) is 0 Å². The Hall–Kier alpha value is -5.11. The smallest absolute Gasteiger partial charge is 0.246 e. The lowest BCUT2D eigenvalue weighted by Crippen LogP contribution is -2.48. The molecule has 1 fully saturated rings. The number of carbonyl (C=O) groups excluding carboxylic acids is 1. The molecule has 1 saturated heterocycles. The van der Waals surface area contributed by atoms with Gasteiger partial charge in [0.25, 0.3) is 0 Å². The van der Waals surface area contributed by atoms with Crippen LogP contribution in [-0.2, 0) is 4.79 Å². The number of nitrogens with zero attached hydrogens (tertiary/aromatic N) is 5. The van der Waals surface area contributed by atoms with Gasteiger partial charge in [-0.05, 0) is 41.5 Å². The maximum Gasteiger partial charge on any atom is 0.246 e. The summed E-state index contributed by atoms with van der Waals surface area (Å²) in [5.74, 6) is 2.44. The topological polar surface area (TPSA) is 72.7 Å². The van der Waals surface area contributed by atoms with Crippen molar-refractivity contribution in [2.75, 3.05) is 45.3 Å². The SMILES string of the molecule is COc1ccc(/C=C/C(=O)N2CCN(c3ncnc4c3c(-c3ccccc3)cn4-c3cccc(OC)c3)CC2)cc1. The maximum absolute atomic E-state index is 13.0. The van der Waals surface area contributed by atoms with E-state index in [1.807, 2.05) is 77.7 Å². The van der Waals surface area contributed by atoms with Crippen LogP contribution in [0.5, 0.6) is 11.5 Å². The molecular weight excluding hydrogens is 514 g/mol. The highest BCUT2D eigenvalue weighted by Gasteiger charge is 2.25. The summed E-state index contributed by atoms with van der Waals surface area (Å²) in [7, 11) is 3.31. The molecule has 2 aromatic heterocycles. The zero-order valence-corrected chi connectivity index (χ0v) is 23.1. The Bertz CT molecular complexity index is 1690. The minimum atomic E-state index is 0.00227. The summed E-state index contributed by atoms with van der Waals surface area (Å²) in [6.07, 6.45) is 7.23. The highest BCUT2D eigenvalue weighted by Crippen LogP contribution is 2.37. The molecule has 6 rings (SSSR count). The molecule has 1 aliphatic rings. The first-order valence-corrected chi connectivity index (χ1v) is 13.6. The van der Waals surface area contributed by atoms with Gasteiger partial charge in [0.1, 0.15) is 23.6 Å². The molecule has 0 bridgehead atoms. The Morgan fingerprint density at radius 2 is 1.59 bits per heavy atom. The van der Waals surface area contributed by atoms with Gasteiger partial charge >= 0.3 is 0 Å². The van der Waals surface area contributed by atoms with Crippen LogP contribution < -0.4 is 14.4 Å². The van der Waals surface area contributed by atoms with Gasteiger partial charge in [0.05, 0.1) is 25.3 Å². The van der Waals surface area contributed by atoms with E-state index in [9.17, 15) is 4.79 Å². The van der Waals surface area contributed by atoms with Gasteiger partial charge in [0, 0.05) is 50.1 Å². The van der Waals surface area contributed by atoms with Crippen LogP contribution in [0.1, 0.15) is 5.56 Å². The van der Waals surface area contributed by atoms with Crippen molar-refractivity contribution < 1.29 is 14.3 Å². The summed E-state index contributed by atoms with van der Waals surface area (Å²) in [5.41, 5.74) is 4.88. The Kier molecular flexibility index (Phi) is 7.36. The molecule has 3 heterocycles. The molecule has 0 spiro atoms. The van der Waals surface area contributed by atoms with Crippen LogP contribution in [0.2, 0.25) is 0 Å². The van der Waals surface area contributed by atoms with Gasteiger partial charge in [-0.1, -0.05) is 48.5 Å². The monoisotopic (exact) mass is 545 g/mol. The number of amides is 1. The van der Waals surface area contributed by atoms with Crippen LogP contribution in [0.4, 0.5) is 5.82 Å². The summed E-state index contributed by atoms with van der Waals surface area (Å²) in [5, 5.41) is 0.987. The van der Waals surface area contributed by atoms with Crippen LogP contribution >= 0.6 is 0 Å². The van der Waals surface area contributed by atoms with Gasteiger partial charge in [-0.25, -0.2) is 9.97 Å². The average molecular weight is 546 g/mol. The maximum atomic E-state index is 13.0. The third kappa shape index (κ3) is 5.36. The first-order valence-electron chi connectivity index (χ1n) is 13.6. The molecule has 0 N–H and O–H groups in total. The minimum Gasteiger partial charge on any atom is -0.497 e. The van der Waals surface area contributed by atoms with E-state index in [0.717, 1.165) is 50.7 Å². The fourth-order valence-corrected chi connectivity index (χ4v) is 5.21. The number of rotatable bonds is 7. The van der Waals surface area contributed by atoms with Gasteiger partial charge in [0.2, 0.25) is 5.91 Å². The van der Waals surface area contributed by atoms with E-state index in [2.05, 4.69) is 27.8 Å². The summed E-state index contributed by atoms with van der Waals surface area (Å²) < 4.78 is 12.8. The molecule has 0 radical (unpaired) electrons. The van der Waals surface area contributed by atoms with Crippen molar-refractivity contribution in [3.8, 4) is 28.3 Å². The lowest BCUT2D eigenvalue weighted by atomic mass is 10.1. The molecule has 8 nitrogen and oxygen atoms in total. The largest absolute Gasteiger partial charge is 0.497 e. The van der Waals surface area contributed by atoms with Crippen LogP contribution in [-0.4, -0.2) is 65.7 Å². The van der Waals surface area contributed by atoms with Crippen molar-refractivity contribution in [3.05, 3.63) is 103 Å². The normalized spacial score (nSPS) is 13.6. The molecular formula is C33H31N5O3. The second kappa shape index (κ2) is 11.6. The standard InChI is InChI=1S/C33H31N5O3/c1-40-27-14-11-24(12-15-27)13-16-30(39)36-17-19-37(20-18-36)32-31-29(25-7-4-3-5-8-25)22-38(33(31)35-23-34-32)26-9-6-10-28(21-26)41-2/h3-16,21-23H,17-20H2,1-2H3/b16-13+. The second-order valence-electron chi connectivity index (χ2n) is 9.79. The van der Waals surface area contributed by atoms with Crippen molar-refractivity contribution in [1.82, 2.24) is 19.4 Å². The Balaban J connectivity index is 1.28.